The van der Waals surface area contributed by atoms with Crippen molar-refractivity contribution in [2.45, 2.75) is 19.7 Å². The SMILES string of the molecule is CC(=O)Nc1nc2c(OC(=N)C=C(N)c3ccc(C(F)(F)F)cc3OCc3ccccc3)cccc2s1. The Kier molecular flexibility index (Phi) is 7.44. The molecule has 190 valence electrons. The van der Waals surface area contributed by atoms with Crippen molar-refractivity contribution >= 4 is 44.2 Å². The van der Waals surface area contributed by atoms with E-state index < -0.39 is 11.7 Å². The van der Waals surface area contributed by atoms with Crippen LogP contribution in [0.3, 0.4) is 0 Å². The van der Waals surface area contributed by atoms with E-state index in [-0.39, 0.29) is 41.2 Å². The molecule has 0 saturated heterocycles. The van der Waals surface area contributed by atoms with Gasteiger partial charge in [-0.3, -0.25) is 10.2 Å². The summed E-state index contributed by atoms with van der Waals surface area (Å²) in [7, 11) is 0. The molecule has 1 aromatic heterocycles. The van der Waals surface area contributed by atoms with Crippen molar-refractivity contribution in [3.8, 4) is 11.5 Å². The second kappa shape index (κ2) is 10.7. The molecule has 0 spiro atoms. The number of alkyl halides is 3. The van der Waals surface area contributed by atoms with Crippen LogP contribution in [0.25, 0.3) is 15.9 Å². The smallest absolute Gasteiger partial charge is 0.416 e. The average molecular weight is 527 g/mol. The molecule has 4 N–H and O–H groups in total. The highest BCUT2D eigenvalue weighted by molar-refractivity contribution is 7.22. The highest BCUT2D eigenvalue weighted by atomic mass is 32.1. The Morgan fingerprint density at radius 1 is 1.11 bits per heavy atom. The molecule has 37 heavy (non-hydrogen) atoms. The second-order valence-electron chi connectivity index (χ2n) is 7.85. The van der Waals surface area contributed by atoms with Crippen LogP contribution in [0.5, 0.6) is 11.5 Å². The van der Waals surface area contributed by atoms with Crippen molar-refractivity contribution in [2.24, 2.45) is 5.73 Å². The van der Waals surface area contributed by atoms with E-state index in [1.807, 2.05) is 6.07 Å². The van der Waals surface area contributed by atoms with Crippen molar-refractivity contribution in [3.05, 3.63) is 89.5 Å². The highest BCUT2D eigenvalue weighted by Gasteiger charge is 2.31. The molecule has 7 nitrogen and oxygen atoms in total. The lowest BCUT2D eigenvalue weighted by Crippen LogP contribution is -2.11. The van der Waals surface area contributed by atoms with Gasteiger partial charge in [-0.2, -0.15) is 13.2 Å². The highest BCUT2D eigenvalue weighted by Crippen LogP contribution is 2.35. The van der Waals surface area contributed by atoms with Crippen LogP contribution in [-0.4, -0.2) is 16.8 Å². The molecule has 4 rings (SSSR count). The topological polar surface area (TPSA) is 110 Å². The number of nitrogens with two attached hydrogens (primary N) is 1. The molecule has 0 atom stereocenters. The number of hydrogen-bond donors (Lipinski definition) is 3. The minimum absolute atomic E-state index is 0.0221. The van der Waals surface area contributed by atoms with Gasteiger partial charge in [0.2, 0.25) is 11.8 Å². The molecular weight excluding hydrogens is 505 g/mol. The molecular formula is C26H21F3N4O3S. The quantitative estimate of drug-likeness (QED) is 0.196. The lowest BCUT2D eigenvalue weighted by molar-refractivity contribution is -0.137. The van der Waals surface area contributed by atoms with E-state index in [4.69, 9.17) is 20.6 Å². The number of fused-ring (bicyclic) bond motifs is 1. The molecule has 0 unspecified atom stereocenters. The van der Waals surface area contributed by atoms with Gasteiger partial charge < -0.3 is 20.5 Å². The number of halogens is 3. The molecule has 0 fully saturated rings. The first kappa shape index (κ1) is 25.7. The van der Waals surface area contributed by atoms with Crippen LogP contribution in [0.2, 0.25) is 0 Å². The number of benzene rings is 3. The van der Waals surface area contributed by atoms with Gasteiger partial charge in [-0.25, -0.2) is 4.98 Å². The molecule has 0 saturated carbocycles. The van der Waals surface area contributed by atoms with Gasteiger partial charge in [0, 0.05) is 24.3 Å². The van der Waals surface area contributed by atoms with Gasteiger partial charge >= 0.3 is 6.18 Å². The van der Waals surface area contributed by atoms with Crippen LogP contribution in [0.1, 0.15) is 23.6 Å². The van der Waals surface area contributed by atoms with Crippen molar-refractivity contribution in [1.82, 2.24) is 4.98 Å². The number of para-hydroxylation sites is 1. The van der Waals surface area contributed by atoms with E-state index in [9.17, 15) is 18.0 Å². The first-order valence-corrected chi connectivity index (χ1v) is 11.7. The third-order valence-corrected chi connectivity index (χ3v) is 5.96. The summed E-state index contributed by atoms with van der Waals surface area (Å²) in [5.74, 6) is -0.464. The van der Waals surface area contributed by atoms with Crippen LogP contribution in [0.15, 0.2) is 72.8 Å². The molecule has 1 heterocycles. The summed E-state index contributed by atoms with van der Waals surface area (Å²) in [4.78, 5) is 15.7. The Bertz CT molecular complexity index is 1480. The van der Waals surface area contributed by atoms with E-state index >= 15 is 0 Å². The summed E-state index contributed by atoms with van der Waals surface area (Å²) in [6, 6.07) is 17.0. The standard InChI is InChI=1S/C26H21F3N4O3S/c1-15(34)32-25-33-24-20(8-5-9-22(24)37-25)36-23(31)13-19(30)18-11-10-17(26(27,28)29)12-21(18)35-14-16-6-3-2-4-7-16/h2-13,31H,14,30H2,1H3,(H,32,33,34). The predicted molar refractivity (Wildman–Crippen MR) is 137 cm³/mol. The average Bonchev–Trinajstić information content (AvgIpc) is 3.25. The third-order valence-electron chi connectivity index (χ3n) is 5.03. The number of rotatable bonds is 7. The molecule has 0 aliphatic rings. The summed E-state index contributed by atoms with van der Waals surface area (Å²) < 4.78 is 52.0. The summed E-state index contributed by atoms with van der Waals surface area (Å²) in [5.41, 5.74) is 6.64. The van der Waals surface area contributed by atoms with Gasteiger partial charge in [0.15, 0.2) is 10.9 Å². The molecule has 4 aromatic rings. The van der Waals surface area contributed by atoms with E-state index in [0.717, 1.165) is 22.4 Å². The fraction of sp³-hybridized carbons (Fsp3) is 0.115. The van der Waals surface area contributed by atoms with Crippen molar-refractivity contribution in [1.29, 1.82) is 5.41 Å². The van der Waals surface area contributed by atoms with Gasteiger partial charge in [0.1, 0.15) is 17.9 Å². The van der Waals surface area contributed by atoms with Crippen molar-refractivity contribution < 1.29 is 27.4 Å². The molecule has 0 bridgehead atoms. The largest absolute Gasteiger partial charge is 0.488 e. The van der Waals surface area contributed by atoms with E-state index in [1.165, 1.54) is 30.4 Å². The van der Waals surface area contributed by atoms with Crippen LogP contribution in [-0.2, 0) is 17.6 Å². The minimum atomic E-state index is -4.57. The van der Waals surface area contributed by atoms with Gasteiger partial charge in [0.25, 0.3) is 0 Å². The molecule has 0 aliphatic carbocycles. The number of ether oxygens (including phenoxy) is 2. The van der Waals surface area contributed by atoms with Crippen molar-refractivity contribution in [3.63, 3.8) is 0 Å². The number of nitrogens with one attached hydrogen (secondary N) is 2. The first-order chi connectivity index (χ1) is 17.6. The molecule has 3 aromatic carbocycles. The van der Waals surface area contributed by atoms with E-state index in [1.54, 1.807) is 42.5 Å². The lowest BCUT2D eigenvalue weighted by atomic mass is 10.1. The zero-order valence-electron chi connectivity index (χ0n) is 19.4. The fourth-order valence-corrected chi connectivity index (χ4v) is 4.30. The van der Waals surface area contributed by atoms with Crippen LogP contribution in [0, 0.1) is 5.41 Å². The number of hydrogen-bond acceptors (Lipinski definition) is 7. The second-order valence-corrected chi connectivity index (χ2v) is 8.88. The maximum Gasteiger partial charge on any atom is 0.416 e. The first-order valence-electron chi connectivity index (χ1n) is 10.9. The molecule has 0 radical (unpaired) electrons. The maximum absolute atomic E-state index is 13.3. The predicted octanol–water partition coefficient (Wildman–Crippen LogP) is 6.21. The number of carbonyl (C=O) groups is 1. The normalized spacial score (nSPS) is 11.8. The number of aromatic nitrogens is 1. The van der Waals surface area contributed by atoms with Crippen LogP contribution < -0.4 is 20.5 Å². The van der Waals surface area contributed by atoms with Gasteiger partial charge in [-0.1, -0.05) is 47.7 Å². The van der Waals surface area contributed by atoms with Gasteiger partial charge in [-0.15, -0.1) is 0 Å². The maximum atomic E-state index is 13.3. The van der Waals surface area contributed by atoms with Crippen LogP contribution >= 0.6 is 11.3 Å². The third kappa shape index (κ3) is 6.44. The number of thiazole rings is 1. The summed E-state index contributed by atoms with van der Waals surface area (Å²) in [5, 5.41) is 11.2. The van der Waals surface area contributed by atoms with Gasteiger partial charge in [0.05, 0.1) is 10.3 Å². The fourth-order valence-electron chi connectivity index (χ4n) is 3.37. The number of anilines is 1. The molecule has 1 amide bonds. The Hall–Kier alpha value is -4.38. The Morgan fingerprint density at radius 3 is 2.57 bits per heavy atom. The van der Waals surface area contributed by atoms with Crippen molar-refractivity contribution in [2.75, 3.05) is 5.32 Å². The monoisotopic (exact) mass is 526 g/mol. The summed E-state index contributed by atoms with van der Waals surface area (Å²) in [6.07, 6.45) is -3.39. The lowest BCUT2D eigenvalue weighted by Gasteiger charge is -2.15. The Morgan fingerprint density at radius 2 is 1.86 bits per heavy atom. The van der Waals surface area contributed by atoms with E-state index in [2.05, 4.69) is 10.3 Å². The summed E-state index contributed by atoms with van der Waals surface area (Å²) in [6.45, 7) is 1.39. The Labute approximate surface area is 213 Å². The zero-order valence-corrected chi connectivity index (χ0v) is 20.2. The Balaban J connectivity index is 1.59. The number of carbonyl (C=O) groups excluding carboxylic acids is 1. The van der Waals surface area contributed by atoms with Crippen LogP contribution in [0.4, 0.5) is 18.3 Å². The number of amides is 1. The summed E-state index contributed by atoms with van der Waals surface area (Å²) >= 11 is 1.24. The minimum Gasteiger partial charge on any atom is -0.488 e. The van der Waals surface area contributed by atoms with Gasteiger partial charge in [-0.05, 0) is 35.9 Å². The zero-order chi connectivity index (χ0) is 26.6. The number of nitrogens with zero attached hydrogens (tertiary/aromatic N) is 1. The van der Waals surface area contributed by atoms with E-state index in [0.29, 0.717) is 10.6 Å². The molecule has 0 aliphatic heterocycles. The molecule has 11 heteroatoms.